The zero-order valence-corrected chi connectivity index (χ0v) is 13.0. The minimum Gasteiger partial charge on any atom is -0.496 e. The zero-order chi connectivity index (χ0) is 15.0. The van der Waals surface area contributed by atoms with Gasteiger partial charge in [0.05, 0.1) is 26.9 Å². The predicted octanol–water partition coefficient (Wildman–Crippen LogP) is 3.11. The molecule has 0 radical (unpaired) electrons. The maximum atomic E-state index is 5.41. The topological polar surface area (TPSA) is 39.7 Å². The molecule has 0 saturated heterocycles. The Morgan fingerprint density at radius 1 is 1.10 bits per heavy atom. The predicted molar refractivity (Wildman–Crippen MR) is 82.9 cm³/mol. The molecule has 1 aromatic carbocycles. The lowest BCUT2D eigenvalue weighted by Gasteiger charge is -2.13. The van der Waals surface area contributed by atoms with Gasteiger partial charge in [-0.3, -0.25) is 0 Å². The molecule has 0 amide bonds. The number of benzene rings is 1. The fraction of sp³-hybridized carbons (Fsp3) is 0.500. The van der Waals surface area contributed by atoms with Crippen LogP contribution in [0.25, 0.3) is 6.08 Å². The molecule has 0 fully saturated rings. The Kier molecular flexibility index (Phi) is 6.94. The molecule has 20 heavy (non-hydrogen) atoms. The quantitative estimate of drug-likeness (QED) is 0.793. The minimum atomic E-state index is 0.298. The van der Waals surface area contributed by atoms with Crippen molar-refractivity contribution < 1.29 is 14.2 Å². The molecule has 0 aliphatic carbocycles. The van der Waals surface area contributed by atoms with Gasteiger partial charge < -0.3 is 19.5 Å². The van der Waals surface area contributed by atoms with Crippen LogP contribution in [-0.4, -0.2) is 33.9 Å². The first-order valence-electron chi connectivity index (χ1n) is 6.87. The van der Waals surface area contributed by atoms with E-state index in [-0.39, 0.29) is 0 Å². The highest BCUT2D eigenvalue weighted by Gasteiger charge is 2.10. The summed E-state index contributed by atoms with van der Waals surface area (Å²) in [6, 6.07) is 4.00. The Balaban J connectivity index is 3.00. The summed E-state index contributed by atoms with van der Waals surface area (Å²) in [5, 5.41) is 3.41. The summed E-state index contributed by atoms with van der Waals surface area (Å²) in [5.74, 6) is 2.19. The van der Waals surface area contributed by atoms with Gasteiger partial charge in [-0.05, 0) is 26.0 Å². The molecule has 112 valence electrons. The minimum absolute atomic E-state index is 0.298. The van der Waals surface area contributed by atoms with Gasteiger partial charge in [-0.15, -0.1) is 0 Å². The number of rotatable bonds is 8. The number of hydrogen-bond donors (Lipinski definition) is 1. The van der Waals surface area contributed by atoms with Crippen LogP contribution in [0.2, 0.25) is 0 Å². The normalized spacial score (nSPS) is 12.4. The molecule has 1 aromatic rings. The molecule has 0 spiro atoms. The number of nitrogens with one attached hydrogen (secondary N) is 1. The van der Waals surface area contributed by atoms with E-state index in [4.69, 9.17) is 14.2 Å². The summed E-state index contributed by atoms with van der Waals surface area (Å²) in [4.78, 5) is 0. The molecule has 0 bridgehead atoms. The van der Waals surface area contributed by atoms with Gasteiger partial charge in [0, 0.05) is 18.2 Å². The summed E-state index contributed by atoms with van der Waals surface area (Å²) in [6.07, 6.45) is 5.24. The summed E-state index contributed by atoms with van der Waals surface area (Å²) in [5.41, 5.74) is 0.918. The Hall–Kier alpha value is -1.68. The molecular formula is C16H25NO3. The molecule has 4 heteroatoms. The number of hydrogen-bond acceptors (Lipinski definition) is 4. The average molecular weight is 279 g/mol. The highest BCUT2D eigenvalue weighted by Crippen LogP contribution is 2.35. The van der Waals surface area contributed by atoms with Crippen molar-refractivity contribution in [3.05, 3.63) is 23.8 Å². The molecular weight excluding hydrogens is 254 g/mol. The summed E-state index contributed by atoms with van der Waals surface area (Å²) in [6.45, 7) is 5.27. The van der Waals surface area contributed by atoms with Crippen molar-refractivity contribution in [2.24, 2.45) is 0 Å². The second-order valence-electron chi connectivity index (χ2n) is 4.55. The molecule has 1 N–H and O–H groups in total. The number of methoxy groups -OCH3 is 3. The second-order valence-corrected chi connectivity index (χ2v) is 4.55. The first kappa shape index (κ1) is 16.4. The third-order valence-corrected chi connectivity index (χ3v) is 3.02. The standard InChI is InChI=1S/C16H25NO3/c1-6-9-17-12(2)7-8-14-15(19-4)10-13(18-3)11-16(14)20-5/h7-8,10-12,17H,6,9H2,1-5H3/b8-7+. The molecule has 0 aliphatic heterocycles. The smallest absolute Gasteiger partial charge is 0.133 e. The Bertz CT molecular complexity index is 418. The molecule has 0 heterocycles. The first-order chi connectivity index (χ1) is 9.65. The van der Waals surface area contributed by atoms with E-state index >= 15 is 0 Å². The van der Waals surface area contributed by atoms with Crippen molar-refractivity contribution in [2.45, 2.75) is 26.3 Å². The lowest BCUT2D eigenvalue weighted by molar-refractivity contribution is 0.374. The average Bonchev–Trinajstić information content (AvgIpc) is 2.49. The van der Waals surface area contributed by atoms with E-state index in [0.717, 1.165) is 30.0 Å². The van der Waals surface area contributed by atoms with E-state index in [1.807, 2.05) is 18.2 Å². The van der Waals surface area contributed by atoms with Crippen LogP contribution in [0.15, 0.2) is 18.2 Å². The van der Waals surface area contributed by atoms with E-state index in [1.165, 1.54) is 0 Å². The van der Waals surface area contributed by atoms with Crippen molar-refractivity contribution in [3.63, 3.8) is 0 Å². The summed E-state index contributed by atoms with van der Waals surface area (Å²) in [7, 11) is 4.91. The van der Waals surface area contributed by atoms with Crippen LogP contribution >= 0.6 is 0 Å². The lowest BCUT2D eigenvalue weighted by atomic mass is 10.1. The SMILES string of the molecule is CCCNC(C)/C=C/c1c(OC)cc(OC)cc1OC. The Morgan fingerprint density at radius 3 is 2.15 bits per heavy atom. The molecule has 0 saturated carbocycles. The van der Waals surface area contributed by atoms with Gasteiger partial charge >= 0.3 is 0 Å². The molecule has 1 atom stereocenters. The van der Waals surface area contributed by atoms with Crippen LogP contribution in [0.3, 0.4) is 0 Å². The van der Waals surface area contributed by atoms with E-state index < -0.39 is 0 Å². The molecule has 1 rings (SSSR count). The molecule has 0 aromatic heterocycles. The molecule has 4 nitrogen and oxygen atoms in total. The van der Waals surface area contributed by atoms with Crippen LogP contribution in [0, 0.1) is 0 Å². The zero-order valence-electron chi connectivity index (χ0n) is 13.0. The summed E-state index contributed by atoms with van der Waals surface area (Å²) >= 11 is 0. The fourth-order valence-electron chi connectivity index (χ4n) is 1.88. The van der Waals surface area contributed by atoms with Crippen LogP contribution < -0.4 is 19.5 Å². The Labute approximate surface area is 121 Å². The van der Waals surface area contributed by atoms with Crippen molar-refractivity contribution in [1.29, 1.82) is 0 Å². The van der Waals surface area contributed by atoms with Gasteiger partial charge in [0.15, 0.2) is 0 Å². The van der Waals surface area contributed by atoms with E-state index in [2.05, 4.69) is 25.2 Å². The third kappa shape index (κ3) is 4.46. The van der Waals surface area contributed by atoms with Crippen molar-refractivity contribution in [2.75, 3.05) is 27.9 Å². The first-order valence-corrected chi connectivity index (χ1v) is 6.87. The highest BCUT2D eigenvalue weighted by atomic mass is 16.5. The van der Waals surface area contributed by atoms with Gasteiger partial charge in [0.1, 0.15) is 17.2 Å². The van der Waals surface area contributed by atoms with Gasteiger partial charge in [0.2, 0.25) is 0 Å². The van der Waals surface area contributed by atoms with E-state index in [9.17, 15) is 0 Å². The van der Waals surface area contributed by atoms with Gasteiger partial charge in [-0.25, -0.2) is 0 Å². The number of ether oxygens (including phenoxy) is 3. The second kappa shape index (κ2) is 8.48. The lowest BCUT2D eigenvalue weighted by Crippen LogP contribution is -2.24. The van der Waals surface area contributed by atoms with Crippen molar-refractivity contribution in [3.8, 4) is 17.2 Å². The van der Waals surface area contributed by atoms with Gasteiger partial charge in [0.25, 0.3) is 0 Å². The van der Waals surface area contributed by atoms with Crippen LogP contribution in [0.1, 0.15) is 25.8 Å². The summed E-state index contributed by atoms with van der Waals surface area (Å²) < 4.78 is 16.1. The van der Waals surface area contributed by atoms with Crippen LogP contribution in [0.4, 0.5) is 0 Å². The molecule has 0 aliphatic rings. The van der Waals surface area contributed by atoms with Crippen molar-refractivity contribution in [1.82, 2.24) is 5.32 Å². The van der Waals surface area contributed by atoms with E-state index in [0.29, 0.717) is 11.8 Å². The fourth-order valence-corrected chi connectivity index (χ4v) is 1.88. The molecule has 1 unspecified atom stereocenters. The van der Waals surface area contributed by atoms with Crippen molar-refractivity contribution >= 4 is 6.08 Å². The van der Waals surface area contributed by atoms with E-state index in [1.54, 1.807) is 21.3 Å². The highest BCUT2D eigenvalue weighted by molar-refractivity contribution is 5.66. The largest absolute Gasteiger partial charge is 0.496 e. The van der Waals surface area contributed by atoms with Crippen LogP contribution in [0.5, 0.6) is 17.2 Å². The third-order valence-electron chi connectivity index (χ3n) is 3.02. The van der Waals surface area contributed by atoms with Gasteiger partial charge in [-0.2, -0.15) is 0 Å². The maximum absolute atomic E-state index is 5.41. The Morgan fingerprint density at radius 2 is 1.70 bits per heavy atom. The van der Waals surface area contributed by atoms with Gasteiger partial charge in [-0.1, -0.05) is 13.0 Å². The monoisotopic (exact) mass is 279 g/mol. The maximum Gasteiger partial charge on any atom is 0.133 e. The van der Waals surface area contributed by atoms with Crippen LogP contribution in [-0.2, 0) is 0 Å².